The van der Waals surface area contributed by atoms with Gasteiger partial charge in [0.1, 0.15) is 5.82 Å². The number of aliphatic imine (C=N–C) groups is 1. The molecular formula is C21H22ClFN2O2. The monoisotopic (exact) mass is 388 g/mol. The van der Waals surface area contributed by atoms with Gasteiger partial charge in [0.05, 0.1) is 16.3 Å². The summed E-state index contributed by atoms with van der Waals surface area (Å²) in [6.07, 6.45) is 2.36. The first-order chi connectivity index (χ1) is 12.6. The van der Waals surface area contributed by atoms with E-state index in [2.05, 4.69) is 30.7 Å². The molecule has 0 aliphatic carbocycles. The number of fused-ring (bicyclic) bond motifs is 1. The van der Waals surface area contributed by atoms with Crippen LogP contribution in [0.2, 0.25) is 5.02 Å². The van der Waals surface area contributed by atoms with E-state index in [1.54, 1.807) is 6.07 Å². The Morgan fingerprint density at radius 2 is 2.07 bits per heavy atom. The van der Waals surface area contributed by atoms with Crippen molar-refractivity contribution < 1.29 is 14.3 Å². The first-order valence-corrected chi connectivity index (χ1v) is 9.12. The molecule has 1 atom stereocenters. The molecule has 6 heteroatoms. The summed E-state index contributed by atoms with van der Waals surface area (Å²) >= 11 is 6.09. The number of carboxylic acid groups (broad SMARTS) is 1. The third kappa shape index (κ3) is 3.69. The van der Waals surface area contributed by atoms with Crippen LogP contribution in [0, 0.1) is 5.82 Å². The molecule has 1 heterocycles. The predicted octanol–water partition coefficient (Wildman–Crippen LogP) is 5.65. The van der Waals surface area contributed by atoms with Crippen molar-refractivity contribution in [3.05, 3.63) is 57.9 Å². The summed E-state index contributed by atoms with van der Waals surface area (Å²) in [6.45, 7) is 6.44. The highest BCUT2D eigenvalue weighted by Crippen LogP contribution is 2.43. The number of hydrogen-bond donors (Lipinski definition) is 1. The molecule has 0 saturated carbocycles. The smallest absolute Gasteiger partial charge is 0.335 e. The second-order valence-corrected chi connectivity index (χ2v) is 8.05. The summed E-state index contributed by atoms with van der Waals surface area (Å²) in [7, 11) is 1.98. The summed E-state index contributed by atoms with van der Waals surface area (Å²) < 4.78 is 14.7. The van der Waals surface area contributed by atoms with Crippen molar-refractivity contribution in [2.24, 2.45) is 4.99 Å². The van der Waals surface area contributed by atoms with Gasteiger partial charge in [0.2, 0.25) is 0 Å². The van der Waals surface area contributed by atoms with Crippen LogP contribution in [0.15, 0.2) is 35.3 Å². The highest BCUT2D eigenvalue weighted by Gasteiger charge is 2.34. The van der Waals surface area contributed by atoms with E-state index in [4.69, 9.17) is 16.7 Å². The lowest BCUT2D eigenvalue weighted by molar-refractivity contribution is 0.0697. The Balaban J connectivity index is 2.00. The van der Waals surface area contributed by atoms with Crippen molar-refractivity contribution in [2.45, 2.75) is 38.6 Å². The summed E-state index contributed by atoms with van der Waals surface area (Å²) in [5.74, 6) is -1.15. The van der Waals surface area contributed by atoms with Crippen molar-refractivity contribution in [1.82, 2.24) is 0 Å². The quantitative estimate of drug-likeness (QED) is 0.691. The Labute approximate surface area is 163 Å². The number of rotatable bonds is 3. The Kier molecular flexibility index (Phi) is 5.00. The molecule has 2 aromatic rings. The summed E-state index contributed by atoms with van der Waals surface area (Å²) in [5.41, 5.74) is 2.64. The van der Waals surface area contributed by atoms with Crippen molar-refractivity contribution >= 4 is 35.2 Å². The van der Waals surface area contributed by atoms with Gasteiger partial charge < -0.3 is 10.0 Å². The molecule has 1 aliphatic heterocycles. The Hall–Kier alpha value is -2.40. The fourth-order valence-corrected chi connectivity index (χ4v) is 3.75. The lowest BCUT2D eigenvalue weighted by atomic mass is 9.80. The molecule has 142 valence electrons. The van der Waals surface area contributed by atoms with Gasteiger partial charge >= 0.3 is 5.97 Å². The van der Waals surface area contributed by atoms with Gasteiger partial charge in [-0.3, -0.25) is 4.99 Å². The molecule has 1 N–H and O–H groups in total. The molecule has 0 aromatic heterocycles. The summed E-state index contributed by atoms with van der Waals surface area (Å²) in [4.78, 5) is 17.5. The average molecular weight is 389 g/mol. The van der Waals surface area contributed by atoms with Crippen LogP contribution in [0.4, 0.5) is 15.8 Å². The zero-order valence-corrected chi connectivity index (χ0v) is 16.5. The third-order valence-electron chi connectivity index (χ3n) is 5.29. The van der Waals surface area contributed by atoms with Gasteiger partial charge in [-0.2, -0.15) is 0 Å². The van der Waals surface area contributed by atoms with Crippen LogP contribution < -0.4 is 4.90 Å². The standard InChI is InChI=1S/C21H22ClFN2O2/c1-12-10-21(2,3)25(4)19-9-17(23)14(7-15(12)19)11-24-18-8-13(20(26)27)5-6-16(18)22/h5-9,11-12H,10H2,1-4H3,(H,26,27). The Morgan fingerprint density at radius 3 is 2.74 bits per heavy atom. The fraction of sp³-hybridized carbons (Fsp3) is 0.333. The minimum atomic E-state index is -1.07. The van der Waals surface area contributed by atoms with E-state index in [9.17, 15) is 9.18 Å². The number of aromatic carboxylic acids is 1. The topological polar surface area (TPSA) is 52.9 Å². The number of anilines is 1. The number of nitrogens with zero attached hydrogens (tertiary/aromatic N) is 2. The maximum Gasteiger partial charge on any atom is 0.335 e. The third-order valence-corrected chi connectivity index (χ3v) is 5.61. The van der Waals surface area contributed by atoms with Gasteiger partial charge in [0.15, 0.2) is 0 Å². The summed E-state index contributed by atoms with van der Waals surface area (Å²) in [6, 6.07) is 7.61. The molecular weight excluding hydrogens is 367 g/mol. The van der Waals surface area contributed by atoms with Crippen LogP contribution in [0.1, 0.15) is 54.6 Å². The maximum atomic E-state index is 14.7. The minimum absolute atomic E-state index is 0.0424. The molecule has 0 radical (unpaired) electrons. The molecule has 4 nitrogen and oxygen atoms in total. The van der Waals surface area contributed by atoms with Gasteiger partial charge in [-0.15, -0.1) is 0 Å². The van der Waals surface area contributed by atoms with Gasteiger partial charge in [-0.1, -0.05) is 18.5 Å². The summed E-state index contributed by atoms with van der Waals surface area (Å²) in [5, 5.41) is 9.41. The largest absolute Gasteiger partial charge is 0.478 e. The molecule has 1 unspecified atom stereocenters. The van der Waals surface area contributed by atoms with Crippen LogP contribution in [0.3, 0.4) is 0 Å². The van der Waals surface area contributed by atoms with Crippen LogP contribution in [-0.2, 0) is 0 Å². The Morgan fingerprint density at radius 1 is 1.37 bits per heavy atom. The molecule has 27 heavy (non-hydrogen) atoms. The lowest BCUT2D eigenvalue weighted by Gasteiger charge is -2.45. The van der Waals surface area contributed by atoms with Crippen molar-refractivity contribution in [2.75, 3.05) is 11.9 Å². The predicted molar refractivity (Wildman–Crippen MR) is 108 cm³/mol. The number of hydrogen-bond acceptors (Lipinski definition) is 3. The second-order valence-electron chi connectivity index (χ2n) is 7.64. The lowest BCUT2D eigenvalue weighted by Crippen LogP contribution is -2.45. The molecule has 0 amide bonds. The molecule has 0 saturated heterocycles. The number of halogens is 2. The van der Waals surface area contributed by atoms with Crippen LogP contribution in [0.5, 0.6) is 0 Å². The van der Waals surface area contributed by atoms with Gasteiger partial charge in [0, 0.05) is 30.1 Å². The number of carbonyl (C=O) groups is 1. The van der Waals surface area contributed by atoms with E-state index in [0.29, 0.717) is 16.3 Å². The van der Waals surface area contributed by atoms with E-state index in [1.807, 2.05) is 13.1 Å². The van der Waals surface area contributed by atoms with Crippen LogP contribution in [0.25, 0.3) is 0 Å². The molecule has 1 aliphatic rings. The Bertz CT molecular complexity index is 940. The minimum Gasteiger partial charge on any atom is -0.478 e. The van der Waals surface area contributed by atoms with Crippen molar-refractivity contribution in [1.29, 1.82) is 0 Å². The van der Waals surface area contributed by atoms with Gasteiger partial charge in [-0.05, 0) is 62.1 Å². The zero-order chi connectivity index (χ0) is 19.9. The molecule has 0 spiro atoms. The second kappa shape index (κ2) is 6.97. The SMILES string of the molecule is CC1CC(C)(C)N(C)c2cc(F)c(C=Nc3cc(C(=O)O)ccc3Cl)cc21. The average Bonchev–Trinajstić information content (AvgIpc) is 2.59. The molecule has 0 fully saturated rings. The van der Waals surface area contributed by atoms with E-state index in [0.717, 1.165) is 17.7 Å². The van der Waals surface area contributed by atoms with Gasteiger partial charge in [0.25, 0.3) is 0 Å². The highest BCUT2D eigenvalue weighted by atomic mass is 35.5. The van der Waals surface area contributed by atoms with E-state index in [-0.39, 0.29) is 22.8 Å². The highest BCUT2D eigenvalue weighted by molar-refractivity contribution is 6.33. The maximum absolute atomic E-state index is 14.7. The van der Waals surface area contributed by atoms with Crippen molar-refractivity contribution in [3.63, 3.8) is 0 Å². The van der Waals surface area contributed by atoms with Crippen LogP contribution >= 0.6 is 11.6 Å². The number of benzene rings is 2. The normalized spacial score (nSPS) is 18.6. The molecule has 0 bridgehead atoms. The molecule has 2 aromatic carbocycles. The van der Waals surface area contributed by atoms with Gasteiger partial charge in [-0.25, -0.2) is 9.18 Å². The number of carboxylic acids is 1. The first-order valence-electron chi connectivity index (χ1n) is 8.74. The fourth-order valence-electron chi connectivity index (χ4n) is 3.59. The first kappa shape index (κ1) is 19.4. The van der Waals surface area contributed by atoms with Crippen molar-refractivity contribution in [3.8, 4) is 0 Å². The van der Waals surface area contributed by atoms with E-state index < -0.39 is 5.97 Å². The van der Waals surface area contributed by atoms with Crippen LogP contribution in [-0.4, -0.2) is 29.9 Å². The van der Waals surface area contributed by atoms with E-state index in [1.165, 1.54) is 24.4 Å². The zero-order valence-electron chi connectivity index (χ0n) is 15.8. The molecule has 3 rings (SSSR count). The van der Waals surface area contributed by atoms with E-state index >= 15 is 0 Å².